The SMILES string of the molecule is CC1CC1CC(CC1CC=CCC1)C(CCC1CC=CCC1)C1CCC1. The van der Waals surface area contributed by atoms with Gasteiger partial charge >= 0.3 is 0 Å². The lowest BCUT2D eigenvalue weighted by Gasteiger charge is -2.41. The molecule has 0 amide bonds. The van der Waals surface area contributed by atoms with Crippen LogP contribution in [-0.2, 0) is 0 Å². The first-order valence-electron chi connectivity index (χ1n) is 12.1. The van der Waals surface area contributed by atoms with E-state index < -0.39 is 0 Å². The van der Waals surface area contributed by atoms with Crippen LogP contribution in [0.15, 0.2) is 24.3 Å². The van der Waals surface area contributed by atoms with Crippen molar-refractivity contribution in [2.24, 2.45) is 41.4 Å². The third-order valence-electron chi connectivity index (χ3n) is 8.54. The zero-order chi connectivity index (χ0) is 17.8. The van der Waals surface area contributed by atoms with Crippen LogP contribution in [0.25, 0.3) is 0 Å². The van der Waals surface area contributed by atoms with Crippen LogP contribution in [0.4, 0.5) is 0 Å². The summed E-state index contributed by atoms with van der Waals surface area (Å²) in [6.07, 6.45) is 30.5. The van der Waals surface area contributed by atoms with Crippen LogP contribution in [-0.4, -0.2) is 0 Å². The van der Waals surface area contributed by atoms with Crippen molar-refractivity contribution < 1.29 is 0 Å². The lowest BCUT2D eigenvalue weighted by atomic mass is 9.64. The molecule has 0 spiro atoms. The van der Waals surface area contributed by atoms with Gasteiger partial charge in [0.05, 0.1) is 0 Å². The molecule has 0 N–H and O–H groups in total. The van der Waals surface area contributed by atoms with E-state index in [4.69, 9.17) is 0 Å². The molecule has 0 heteroatoms. The van der Waals surface area contributed by atoms with E-state index in [1.54, 1.807) is 32.1 Å². The fourth-order valence-electron chi connectivity index (χ4n) is 6.33. The second kappa shape index (κ2) is 9.11. The molecule has 4 aliphatic rings. The molecule has 0 radical (unpaired) electrons. The van der Waals surface area contributed by atoms with Crippen LogP contribution in [0, 0.1) is 41.4 Å². The highest BCUT2D eigenvalue weighted by atomic mass is 14.5. The van der Waals surface area contributed by atoms with Gasteiger partial charge in [-0.05, 0) is 112 Å². The molecular weight excluding hydrogens is 312 g/mol. The quantitative estimate of drug-likeness (QED) is 0.368. The van der Waals surface area contributed by atoms with Gasteiger partial charge in [-0.2, -0.15) is 0 Å². The molecule has 0 heterocycles. The smallest absolute Gasteiger partial charge is 0.0322 e. The zero-order valence-corrected chi connectivity index (χ0v) is 17.3. The van der Waals surface area contributed by atoms with E-state index in [9.17, 15) is 0 Å². The van der Waals surface area contributed by atoms with Gasteiger partial charge in [-0.3, -0.25) is 0 Å². The van der Waals surface area contributed by atoms with Gasteiger partial charge in [0.15, 0.2) is 0 Å². The van der Waals surface area contributed by atoms with Crippen LogP contribution in [0.2, 0.25) is 0 Å². The molecule has 0 bridgehead atoms. The van der Waals surface area contributed by atoms with Crippen molar-refractivity contribution in [1.29, 1.82) is 0 Å². The maximum atomic E-state index is 2.50. The molecule has 146 valence electrons. The Kier molecular flexibility index (Phi) is 6.60. The molecule has 0 aromatic heterocycles. The molecule has 2 fully saturated rings. The van der Waals surface area contributed by atoms with Crippen molar-refractivity contribution in [3.63, 3.8) is 0 Å². The standard InChI is InChI=1S/C26H42/c1-20-17-24(20)19-25(18-22-11-6-3-7-12-22)26(23-13-8-14-23)16-15-21-9-4-2-5-10-21/h2-4,6,20-26H,5,7-19H2,1H3. The summed E-state index contributed by atoms with van der Waals surface area (Å²) < 4.78 is 0. The minimum absolute atomic E-state index is 0.999. The molecule has 4 rings (SSSR count). The molecule has 0 aromatic carbocycles. The fourth-order valence-corrected chi connectivity index (χ4v) is 6.33. The van der Waals surface area contributed by atoms with Crippen LogP contribution in [0.1, 0.15) is 96.8 Å². The Hall–Kier alpha value is -0.520. The summed E-state index contributed by atoms with van der Waals surface area (Å²) in [6.45, 7) is 2.50. The normalized spacial score (nSPS) is 36.5. The Morgan fingerprint density at radius 1 is 0.846 bits per heavy atom. The lowest BCUT2D eigenvalue weighted by molar-refractivity contribution is 0.0974. The third kappa shape index (κ3) is 5.05. The van der Waals surface area contributed by atoms with Gasteiger partial charge in [0.2, 0.25) is 0 Å². The van der Waals surface area contributed by atoms with Gasteiger partial charge in [-0.1, -0.05) is 50.5 Å². The summed E-state index contributed by atoms with van der Waals surface area (Å²) in [7, 11) is 0. The number of hydrogen-bond acceptors (Lipinski definition) is 0. The summed E-state index contributed by atoms with van der Waals surface area (Å²) in [4.78, 5) is 0. The second-order valence-electron chi connectivity index (χ2n) is 10.4. The van der Waals surface area contributed by atoms with E-state index in [1.165, 1.54) is 57.8 Å². The molecule has 0 aromatic rings. The molecule has 2 saturated carbocycles. The van der Waals surface area contributed by atoms with Crippen molar-refractivity contribution >= 4 is 0 Å². The first kappa shape index (κ1) is 18.8. The monoisotopic (exact) mass is 354 g/mol. The molecule has 26 heavy (non-hydrogen) atoms. The maximum Gasteiger partial charge on any atom is -0.0322 e. The number of rotatable bonds is 9. The Labute approximate surface area is 162 Å². The van der Waals surface area contributed by atoms with E-state index in [0.29, 0.717) is 0 Å². The lowest BCUT2D eigenvalue weighted by Crippen LogP contribution is -2.31. The predicted molar refractivity (Wildman–Crippen MR) is 113 cm³/mol. The van der Waals surface area contributed by atoms with Gasteiger partial charge in [-0.15, -0.1) is 0 Å². The minimum Gasteiger partial charge on any atom is -0.0885 e. The van der Waals surface area contributed by atoms with Crippen LogP contribution in [0.5, 0.6) is 0 Å². The summed E-state index contributed by atoms with van der Waals surface area (Å²) in [5.41, 5.74) is 0. The Bertz CT molecular complexity index is 482. The minimum atomic E-state index is 0.999. The van der Waals surface area contributed by atoms with E-state index >= 15 is 0 Å². The predicted octanol–water partition coefficient (Wildman–Crippen LogP) is 7.95. The highest BCUT2D eigenvalue weighted by Gasteiger charge is 2.40. The first-order valence-corrected chi connectivity index (χ1v) is 12.1. The third-order valence-corrected chi connectivity index (χ3v) is 8.54. The van der Waals surface area contributed by atoms with Crippen molar-refractivity contribution in [2.75, 3.05) is 0 Å². The Morgan fingerprint density at radius 2 is 1.54 bits per heavy atom. The van der Waals surface area contributed by atoms with Gasteiger partial charge in [0.25, 0.3) is 0 Å². The second-order valence-corrected chi connectivity index (χ2v) is 10.4. The van der Waals surface area contributed by atoms with Crippen LogP contribution >= 0.6 is 0 Å². The average Bonchev–Trinajstić information content (AvgIpc) is 3.33. The van der Waals surface area contributed by atoms with Gasteiger partial charge in [0, 0.05) is 0 Å². The molecule has 0 saturated heterocycles. The van der Waals surface area contributed by atoms with E-state index in [1.807, 2.05) is 0 Å². The van der Waals surface area contributed by atoms with Crippen molar-refractivity contribution in [1.82, 2.24) is 0 Å². The van der Waals surface area contributed by atoms with Gasteiger partial charge in [-0.25, -0.2) is 0 Å². The molecule has 0 nitrogen and oxygen atoms in total. The Morgan fingerprint density at radius 3 is 2.08 bits per heavy atom. The maximum absolute atomic E-state index is 2.50. The van der Waals surface area contributed by atoms with Crippen molar-refractivity contribution in [3.8, 4) is 0 Å². The van der Waals surface area contributed by atoms with Crippen LogP contribution in [0.3, 0.4) is 0 Å². The number of allylic oxidation sites excluding steroid dienone is 4. The van der Waals surface area contributed by atoms with Crippen LogP contribution < -0.4 is 0 Å². The van der Waals surface area contributed by atoms with E-state index in [0.717, 1.165) is 41.4 Å². The van der Waals surface area contributed by atoms with Gasteiger partial charge in [0.1, 0.15) is 0 Å². The van der Waals surface area contributed by atoms with E-state index in [2.05, 4.69) is 31.2 Å². The molecular formula is C26H42. The summed E-state index contributed by atoms with van der Waals surface area (Å²) in [5, 5.41) is 0. The highest BCUT2D eigenvalue weighted by Crippen LogP contribution is 2.50. The molecule has 6 atom stereocenters. The highest BCUT2D eigenvalue weighted by molar-refractivity contribution is 4.95. The fraction of sp³-hybridized carbons (Fsp3) is 0.846. The summed E-state index contributed by atoms with van der Waals surface area (Å²) in [5.74, 6) is 7.32. The average molecular weight is 355 g/mol. The van der Waals surface area contributed by atoms with Crippen molar-refractivity contribution in [3.05, 3.63) is 24.3 Å². The molecule has 0 aliphatic heterocycles. The topological polar surface area (TPSA) is 0 Å². The summed E-state index contributed by atoms with van der Waals surface area (Å²) in [6, 6.07) is 0. The Balaban J connectivity index is 1.39. The summed E-state index contributed by atoms with van der Waals surface area (Å²) >= 11 is 0. The molecule has 4 aliphatic carbocycles. The van der Waals surface area contributed by atoms with Gasteiger partial charge < -0.3 is 0 Å². The molecule has 6 unspecified atom stereocenters. The number of hydrogen-bond donors (Lipinski definition) is 0. The largest absolute Gasteiger partial charge is 0.0885 e. The zero-order valence-electron chi connectivity index (χ0n) is 17.3. The first-order chi connectivity index (χ1) is 12.8. The van der Waals surface area contributed by atoms with Crippen molar-refractivity contribution in [2.45, 2.75) is 96.8 Å². The van der Waals surface area contributed by atoms with E-state index in [-0.39, 0.29) is 0 Å².